The van der Waals surface area contributed by atoms with E-state index >= 15 is 0 Å². The second kappa shape index (κ2) is 7.37. The van der Waals surface area contributed by atoms with Gasteiger partial charge in [-0.2, -0.15) is 0 Å². The lowest BCUT2D eigenvalue weighted by Crippen LogP contribution is -2.53. The van der Waals surface area contributed by atoms with Crippen LogP contribution in [0.4, 0.5) is 5.69 Å². The van der Waals surface area contributed by atoms with Gasteiger partial charge in [0.25, 0.3) is 0 Å². The van der Waals surface area contributed by atoms with Gasteiger partial charge >= 0.3 is 0 Å². The van der Waals surface area contributed by atoms with Crippen LogP contribution in [0.25, 0.3) is 0 Å². The maximum absolute atomic E-state index is 12.3. The monoisotopic (exact) mass is 317 g/mol. The van der Waals surface area contributed by atoms with E-state index in [0.717, 1.165) is 0 Å². The summed E-state index contributed by atoms with van der Waals surface area (Å²) in [7, 11) is 0. The zero-order chi connectivity index (χ0) is 17.0. The SMILES string of the molecule is CC(=O)c1ccc(NC(=O)[C@H](C)N2CCN(C(C)=O)CC2)cc1. The second-order valence-electron chi connectivity index (χ2n) is 5.84. The van der Waals surface area contributed by atoms with Gasteiger partial charge in [0.05, 0.1) is 6.04 Å². The van der Waals surface area contributed by atoms with Crippen LogP contribution in [-0.4, -0.2) is 59.6 Å². The van der Waals surface area contributed by atoms with E-state index in [4.69, 9.17) is 0 Å². The van der Waals surface area contributed by atoms with Crippen molar-refractivity contribution in [3.8, 4) is 0 Å². The first-order chi connectivity index (χ1) is 10.9. The third kappa shape index (κ3) is 4.39. The van der Waals surface area contributed by atoms with Crippen molar-refractivity contribution in [3.63, 3.8) is 0 Å². The maximum atomic E-state index is 12.3. The van der Waals surface area contributed by atoms with Crippen molar-refractivity contribution in [2.45, 2.75) is 26.8 Å². The molecule has 1 N–H and O–H groups in total. The highest BCUT2D eigenvalue weighted by Crippen LogP contribution is 2.13. The molecule has 2 rings (SSSR count). The normalized spacial score (nSPS) is 16.7. The molecule has 1 fully saturated rings. The Bertz CT molecular complexity index is 590. The van der Waals surface area contributed by atoms with Gasteiger partial charge in [-0.3, -0.25) is 19.3 Å². The molecule has 23 heavy (non-hydrogen) atoms. The minimum Gasteiger partial charge on any atom is -0.340 e. The summed E-state index contributed by atoms with van der Waals surface area (Å²) in [4.78, 5) is 38.8. The van der Waals surface area contributed by atoms with Gasteiger partial charge in [-0.25, -0.2) is 0 Å². The number of Topliss-reactive ketones (excluding diaryl/α,β-unsaturated/α-hetero) is 1. The highest BCUT2D eigenvalue weighted by atomic mass is 16.2. The Kier molecular flexibility index (Phi) is 5.50. The molecule has 0 saturated carbocycles. The quantitative estimate of drug-likeness (QED) is 0.852. The van der Waals surface area contributed by atoms with E-state index in [1.54, 1.807) is 36.1 Å². The zero-order valence-corrected chi connectivity index (χ0v) is 13.8. The van der Waals surface area contributed by atoms with Crippen molar-refractivity contribution in [2.75, 3.05) is 31.5 Å². The standard InChI is InChI=1S/C17H23N3O3/c1-12(19-8-10-20(11-9-19)14(3)22)17(23)18-16-6-4-15(5-7-16)13(2)21/h4-7,12H,8-11H2,1-3H3,(H,18,23)/t12-/m0/s1. The fourth-order valence-corrected chi connectivity index (χ4v) is 2.62. The molecule has 124 valence electrons. The van der Waals surface area contributed by atoms with E-state index in [2.05, 4.69) is 10.2 Å². The summed E-state index contributed by atoms with van der Waals surface area (Å²) in [6, 6.07) is 6.60. The number of amides is 2. The van der Waals surface area contributed by atoms with Crippen LogP contribution in [0.1, 0.15) is 31.1 Å². The number of anilines is 1. The van der Waals surface area contributed by atoms with Crippen LogP contribution < -0.4 is 5.32 Å². The number of piperazine rings is 1. The number of hydrogen-bond donors (Lipinski definition) is 1. The number of carbonyl (C=O) groups is 3. The molecule has 0 aliphatic carbocycles. The first-order valence-electron chi connectivity index (χ1n) is 7.80. The molecule has 0 spiro atoms. The van der Waals surface area contributed by atoms with E-state index in [0.29, 0.717) is 37.4 Å². The molecule has 6 nitrogen and oxygen atoms in total. The molecule has 0 radical (unpaired) electrons. The molecular formula is C17H23N3O3. The summed E-state index contributed by atoms with van der Waals surface area (Å²) in [6.45, 7) is 7.63. The van der Waals surface area contributed by atoms with E-state index in [1.807, 2.05) is 6.92 Å². The van der Waals surface area contributed by atoms with Crippen molar-refractivity contribution >= 4 is 23.3 Å². The van der Waals surface area contributed by atoms with Crippen LogP contribution >= 0.6 is 0 Å². The van der Waals surface area contributed by atoms with E-state index in [9.17, 15) is 14.4 Å². The van der Waals surface area contributed by atoms with Crippen LogP contribution in [0.3, 0.4) is 0 Å². The second-order valence-corrected chi connectivity index (χ2v) is 5.84. The Balaban J connectivity index is 1.90. The molecular weight excluding hydrogens is 294 g/mol. The number of nitrogens with one attached hydrogen (secondary N) is 1. The molecule has 0 aromatic heterocycles. The first kappa shape index (κ1) is 17.1. The Morgan fingerprint density at radius 3 is 2.04 bits per heavy atom. The van der Waals surface area contributed by atoms with Gasteiger partial charge in [-0.15, -0.1) is 0 Å². The average molecular weight is 317 g/mol. The lowest BCUT2D eigenvalue weighted by Gasteiger charge is -2.37. The van der Waals surface area contributed by atoms with Gasteiger partial charge in [0.1, 0.15) is 0 Å². The highest BCUT2D eigenvalue weighted by Gasteiger charge is 2.26. The molecule has 1 aromatic rings. The lowest BCUT2D eigenvalue weighted by atomic mass is 10.1. The molecule has 0 bridgehead atoms. The topological polar surface area (TPSA) is 69.7 Å². The number of rotatable bonds is 4. The van der Waals surface area contributed by atoms with Crippen LogP contribution in [0, 0.1) is 0 Å². The minimum atomic E-state index is -0.267. The fourth-order valence-electron chi connectivity index (χ4n) is 2.62. The molecule has 0 unspecified atom stereocenters. The third-order valence-electron chi connectivity index (χ3n) is 4.25. The van der Waals surface area contributed by atoms with Crippen molar-refractivity contribution < 1.29 is 14.4 Å². The summed E-state index contributed by atoms with van der Waals surface area (Å²) in [5.41, 5.74) is 1.30. The van der Waals surface area contributed by atoms with Gasteiger partial charge in [-0.1, -0.05) is 0 Å². The summed E-state index contributed by atoms with van der Waals surface area (Å²) in [6.07, 6.45) is 0. The van der Waals surface area contributed by atoms with E-state index in [1.165, 1.54) is 6.92 Å². The predicted octanol–water partition coefficient (Wildman–Crippen LogP) is 1.38. The summed E-state index contributed by atoms with van der Waals surface area (Å²) in [5.74, 6) is -0.0104. The Hall–Kier alpha value is -2.21. The number of benzene rings is 1. The summed E-state index contributed by atoms with van der Waals surface area (Å²) < 4.78 is 0. The maximum Gasteiger partial charge on any atom is 0.241 e. The van der Waals surface area contributed by atoms with Gasteiger partial charge < -0.3 is 10.2 Å². The zero-order valence-electron chi connectivity index (χ0n) is 13.8. The molecule has 1 aliphatic heterocycles. The molecule has 6 heteroatoms. The third-order valence-corrected chi connectivity index (χ3v) is 4.25. The van der Waals surface area contributed by atoms with E-state index in [-0.39, 0.29) is 23.6 Å². The van der Waals surface area contributed by atoms with Gasteiger partial charge in [-0.05, 0) is 38.1 Å². The Morgan fingerprint density at radius 1 is 1.00 bits per heavy atom. The van der Waals surface area contributed by atoms with Crippen LogP contribution in [0.15, 0.2) is 24.3 Å². The van der Waals surface area contributed by atoms with Gasteiger partial charge in [0, 0.05) is 44.4 Å². The van der Waals surface area contributed by atoms with Crippen LogP contribution in [-0.2, 0) is 9.59 Å². The summed E-state index contributed by atoms with van der Waals surface area (Å²) >= 11 is 0. The molecule has 1 heterocycles. The first-order valence-corrected chi connectivity index (χ1v) is 7.80. The predicted molar refractivity (Wildman–Crippen MR) is 88.4 cm³/mol. The number of ketones is 1. The number of carbonyl (C=O) groups excluding carboxylic acids is 3. The molecule has 1 atom stereocenters. The van der Waals surface area contributed by atoms with Crippen molar-refractivity contribution in [3.05, 3.63) is 29.8 Å². The van der Waals surface area contributed by atoms with Crippen molar-refractivity contribution in [1.82, 2.24) is 9.80 Å². The number of hydrogen-bond acceptors (Lipinski definition) is 4. The number of nitrogens with zero attached hydrogens (tertiary/aromatic N) is 2. The average Bonchev–Trinajstić information content (AvgIpc) is 2.54. The molecule has 1 aliphatic rings. The van der Waals surface area contributed by atoms with E-state index < -0.39 is 0 Å². The Morgan fingerprint density at radius 2 is 1.57 bits per heavy atom. The van der Waals surface area contributed by atoms with Crippen LogP contribution in [0.2, 0.25) is 0 Å². The largest absolute Gasteiger partial charge is 0.340 e. The minimum absolute atomic E-state index is 0.000383. The van der Waals surface area contributed by atoms with Gasteiger partial charge in [0.15, 0.2) is 5.78 Å². The van der Waals surface area contributed by atoms with Crippen LogP contribution in [0.5, 0.6) is 0 Å². The fraction of sp³-hybridized carbons (Fsp3) is 0.471. The lowest BCUT2D eigenvalue weighted by molar-refractivity contribution is -0.131. The Labute approximate surface area is 136 Å². The van der Waals surface area contributed by atoms with Crippen molar-refractivity contribution in [1.29, 1.82) is 0 Å². The molecule has 1 saturated heterocycles. The smallest absolute Gasteiger partial charge is 0.241 e. The van der Waals surface area contributed by atoms with Crippen molar-refractivity contribution in [2.24, 2.45) is 0 Å². The molecule has 2 amide bonds. The summed E-state index contributed by atoms with van der Waals surface area (Å²) in [5, 5.41) is 2.87. The molecule has 1 aromatic carbocycles. The highest BCUT2D eigenvalue weighted by molar-refractivity contribution is 5.97. The van der Waals surface area contributed by atoms with Gasteiger partial charge in [0.2, 0.25) is 11.8 Å².